The van der Waals surface area contributed by atoms with E-state index in [1.165, 1.54) is 7.05 Å². The molecule has 0 bridgehead atoms. The summed E-state index contributed by atoms with van der Waals surface area (Å²) in [6.07, 6.45) is 0. The maximum Gasteiger partial charge on any atom is 2.00 e. The van der Waals surface area contributed by atoms with Crippen LogP contribution >= 0.6 is 0 Å². The van der Waals surface area contributed by atoms with Crippen LogP contribution in [0.15, 0.2) is 0 Å². The van der Waals surface area contributed by atoms with Gasteiger partial charge in [-0.2, -0.15) is 13.8 Å². The minimum absolute atomic E-state index is 0. The predicted octanol–water partition coefficient (Wildman–Crippen LogP) is 1.12. The number of hydrogen-bond acceptors (Lipinski definition) is 1. The third-order valence-corrected chi connectivity index (χ3v) is 0. The number of nitrogens with two attached hydrogens (primary N) is 1. The average molecular weight is 287 g/mol. The topological polar surface area (TPSA) is 26.0 Å². The van der Waals surface area contributed by atoms with E-state index in [2.05, 4.69) is 19.6 Å². The van der Waals surface area contributed by atoms with Crippen LogP contribution in [0.25, 0.3) is 0 Å². The van der Waals surface area contributed by atoms with E-state index in [-0.39, 0.29) is 30.9 Å². The monoisotopic (exact) mass is 287 g/mol. The molecule has 0 fully saturated rings. The van der Waals surface area contributed by atoms with Gasteiger partial charge >= 0.3 is 21.1 Å². The molecule has 1 nitrogen and oxygen atoms in total. The van der Waals surface area contributed by atoms with Gasteiger partial charge in [0.2, 0.25) is 0 Å². The van der Waals surface area contributed by atoms with Crippen molar-refractivity contribution in [2.45, 2.75) is 13.8 Å². The molecular weight excluding hydrogens is 269 g/mol. The molecule has 3 heteroatoms. The van der Waals surface area contributed by atoms with Gasteiger partial charge < -0.3 is 19.6 Å². The Bertz CT molecular complexity index is 16.9. The second kappa shape index (κ2) is 683. The van der Waals surface area contributed by atoms with Crippen molar-refractivity contribution in [2.75, 3.05) is 7.05 Å². The molecule has 0 unspecified atom stereocenters. The minimum Gasteiger partial charge on any atom is -0.346 e. The Morgan fingerprint density at radius 3 is 1.00 bits per heavy atom. The van der Waals surface area contributed by atoms with Gasteiger partial charge in [-0.05, 0) is 7.05 Å². The Balaban J connectivity index is -0.00000000321. The molecule has 0 saturated carbocycles. The fraction of sp³-hybridized carbons (Fsp3) is 0.600. The van der Waals surface area contributed by atoms with E-state index in [4.69, 9.17) is 0 Å². The summed E-state index contributed by atoms with van der Waals surface area (Å²) in [5.74, 6) is 0. The molecule has 0 aromatic carbocycles. The van der Waals surface area contributed by atoms with E-state index in [0.717, 1.165) is 0 Å². The quantitative estimate of drug-likeness (QED) is 0.524. The van der Waals surface area contributed by atoms with E-state index < -0.39 is 0 Å². The SMILES string of the molecule is CN.[2HH].[B].[CH2-]C.[CH2-]C.[W+2]. The van der Waals surface area contributed by atoms with Crippen molar-refractivity contribution in [2.24, 2.45) is 5.73 Å². The minimum atomic E-state index is 0. The first kappa shape index (κ1) is 37.6. The molecule has 0 aliphatic rings. The zero-order chi connectivity index (χ0) is 6.00. The summed E-state index contributed by atoms with van der Waals surface area (Å²) in [6, 6.07) is 0. The number of hydrogen-bond donors (Lipinski definition) is 1. The predicted molar refractivity (Wildman–Crippen MR) is 40.0 cm³/mol. The first-order valence-electron chi connectivity index (χ1n) is 1.99. The van der Waals surface area contributed by atoms with Crippen molar-refractivity contribution in [3.63, 3.8) is 0 Å². The summed E-state index contributed by atoms with van der Waals surface area (Å²) >= 11 is 0. The van der Waals surface area contributed by atoms with Crippen molar-refractivity contribution < 1.29 is 22.5 Å². The Morgan fingerprint density at radius 1 is 1.00 bits per heavy atom. The van der Waals surface area contributed by atoms with E-state index >= 15 is 0 Å². The van der Waals surface area contributed by atoms with Crippen LogP contribution < -0.4 is 5.73 Å². The van der Waals surface area contributed by atoms with Gasteiger partial charge in [0.25, 0.3) is 0 Å². The third-order valence-electron chi connectivity index (χ3n) is 0. The second-order valence-corrected chi connectivity index (χ2v) is 0. The standard InChI is InChI=1S/2C2H5.CH5N.B.W.H2/c3*1-2;;;/h2*1H2,2H3;2H2,1H3;;;1H/q2*-1;;;+2;/i;;;;;1+1. The van der Waals surface area contributed by atoms with Gasteiger partial charge in [-0.3, -0.25) is 0 Å². The van der Waals surface area contributed by atoms with Gasteiger partial charge in [0.1, 0.15) is 0 Å². The molecule has 0 aromatic rings. The molecule has 0 heterocycles. The molecule has 2 N–H and O–H groups in total. The summed E-state index contributed by atoms with van der Waals surface area (Å²) in [5.41, 5.74) is 4.50. The van der Waals surface area contributed by atoms with Crippen LogP contribution in [0.1, 0.15) is 15.3 Å². The zero-order valence-corrected chi connectivity index (χ0v) is 8.91. The molecule has 8 heavy (non-hydrogen) atoms. The molecule has 0 aromatic heterocycles. The van der Waals surface area contributed by atoms with Crippen molar-refractivity contribution in [1.29, 1.82) is 0 Å². The van der Waals surface area contributed by atoms with Gasteiger partial charge in [-0.1, -0.05) is 0 Å². The molecule has 0 spiro atoms. The summed E-state index contributed by atoms with van der Waals surface area (Å²) in [5, 5.41) is 0. The van der Waals surface area contributed by atoms with Gasteiger partial charge in [0, 0.05) is 9.84 Å². The molecule has 0 amide bonds. The maximum absolute atomic E-state index is 4.50. The average Bonchev–Trinajstić information content (AvgIpc) is 1.81. The normalized spacial score (nSPS) is 2.25. The largest absolute Gasteiger partial charge is 2.00 e. The number of rotatable bonds is 0. The van der Waals surface area contributed by atoms with Crippen LogP contribution in [0.5, 0.6) is 0 Å². The van der Waals surface area contributed by atoms with E-state index in [1.807, 2.05) is 0 Å². The van der Waals surface area contributed by atoms with Crippen molar-refractivity contribution in [3.05, 3.63) is 13.8 Å². The van der Waals surface area contributed by atoms with Gasteiger partial charge in [-0.15, -0.1) is 0 Å². The Hall–Kier alpha value is 0.713. The Kier molecular flexibility index (Phi) is 3210. The van der Waals surface area contributed by atoms with Crippen molar-refractivity contribution in [3.8, 4) is 0 Å². The van der Waals surface area contributed by atoms with Crippen LogP contribution in [0.4, 0.5) is 0 Å². The molecule has 51 valence electrons. The van der Waals surface area contributed by atoms with Gasteiger partial charge in [0.05, 0.1) is 0 Å². The van der Waals surface area contributed by atoms with E-state index in [1.54, 1.807) is 13.8 Å². The first-order chi connectivity index (χ1) is 3.00. The smallest absolute Gasteiger partial charge is 0.346 e. The summed E-state index contributed by atoms with van der Waals surface area (Å²) in [6.45, 7) is 10.0. The summed E-state index contributed by atoms with van der Waals surface area (Å²) in [7, 11) is 1.50. The van der Waals surface area contributed by atoms with Gasteiger partial charge in [-0.25, -0.2) is 0 Å². The van der Waals surface area contributed by atoms with Crippen molar-refractivity contribution >= 4 is 8.41 Å². The molecule has 3 radical (unpaired) electrons. The van der Waals surface area contributed by atoms with Crippen LogP contribution in [0, 0.1) is 13.8 Å². The summed E-state index contributed by atoms with van der Waals surface area (Å²) in [4.78, 5) is 0. The Morgan fingerprint density at radius 2 is 1.00 bits per heavy atom. The fourth-order valence-electron chi connectivity index (χ4n) is 0. The molecule has 0 aliphatic carbocycles. The second-order valence-electron chi connectivity index (χ2n) is 0. The molecule has 0 saturated heterocycles. The zero-order valence-electron chi connectivity index (χ0n) is 5.98. The summed E-state index contributed by atoms with van der Waals surface area (Å²) < 4.78 is 0. The van der Waals surface area contributed by atoms with Crippen LogP contribution in [-0.2, 0) is 21.1 Å². The molecule has 0 rings (SSSR count). The molecule has 0 atom stereocenters. The van der Waals surface area contributed by atoms with E-state index in [9.17, 15) is 0 Å². The Labute approximate surface area is 71.7 Å². The van der Waals surface area contributed by atoms with Crippen LogP contribution in [0.3, 0.4) is 0 Å². The molecular formula is C5H17BNW. The first-order valence-corrected chi connectivity index (χ1v) is 1.99. The fourth-order valence-corrected chi connectivity index (χ4v) is 0. The van der Waals surface area contributed by atoms with E-state index in [0.29, 0.717) is 0 Å². The molecule has 0 aliphatic heterocycles. The third kappa shape index (κ3) is 431. The van der Waals surface area contributed by atoms with Crippen molar-refractivity contribution in [1.82, 2.24) is 0 Å². The van der Waals surface area contributed by atoms with Crippen LogP contribution in [-0.4, -0.2) is 15.5 Å². The maximum atomic E-state index is 4.50. The van der Waals surface area contributed by atoms with Gasteiger partial charge in [0.15, 0.2) is 0 Å². The van der Waals surface area contributed by atoms with Crippen LogP contribution in [0.2, 0.25) is 0 Å².